The standard InChI is InChI=1S/C19H25NO/c1-20(2)14-13-16-8-5-7-15-9-6-12-18(19(15)16)21-17-10-3-4-11-17/h5-9,12,17H,3-4,10-11,13-14H2,1-2H3/i1D3,2D3. The topological polar surface area (TPSA) is 12.5 Å². The van der Waals surface area contributed by atoms with Gasteiger partial charge in [-0.3, -0.25) is 0 Å². The molecular weight excluding hydrogens is 258 g/mol. The van der Waals surface area contributed by atoms with Crippen molar-refractivity contribution in [3.8, 4) is 5.75 Å². The van der Waals surface area contributed by atoms with E-state index in [0.717, 1.165) is 34.9 Å². The Bertz CT molecular complexity index is 761. The zero-order valence-electron chi connectivity index (χ0n) is 18.1. The summed E-state index contributed by atoms with van der Waals surface area (Å²) in [5.74, 6) is 0.796. The van der Waals surface area contributed by atoms with Crippen molar-refractivity contribution < 1.29 is 13.0 Å². The van der Waals surface area contributed by atoms with Crippen LogP contribution in [0.2, 0.25) is 0 Å². The van der Waals surface area contributed by atoms with E-state index in [0.29, 0.717) is 11.3 Å². The Kier molecular flexibility index (Phi) is 2.72. The molecule has 1 fully saturated rings. The van der Waals surface area contributed by atoms with Crippen LogP contribution in [0.1, 0.15) is 39.5 Å². The SMILES string of the molecule is [2H]C([2H])([2H])N(CCc1cccc2cccc(OC3CCCC3)c12)C([2H])([2H])[2H]. The molecule has 0 heterocycles. The van der Waals surface area contributed by atoms with Gasteiger partial charge in [-0.2, -0.15) is 0 Å². The molecule has 2 aromatic carbocycles. The summed E-state index contributed by atoms with van der Waals surface area (Å²) in [6, 6.07) is 11.7. The van der Waals surface area contributed by atoms with Crippen LogP contribution in [0.5, 0.6) is 5.75 Å². The molecule has 2 heteroatoms. The van der Waals surface area contributed by atoms with Crippen LogP contribution in [0.15, 0.2) is 36.4 Å². The molecule has 0 spiro atoms. The molecule has 112 valence electrons. The van der Waals surface area contributed by atoms with Crippen molar-refractivity contribution in [2.24, 2.45) is 0 Å². The molecule has 1 aliphatic rings. The van der Waals surface area contributed by atoms with Crippen LogP contribution in [0.4, 0.5) is 0 Å². The second-order valence-corrected chi connectivity index (χ2v) is 5.70. The second-order valence-electron chi connectivity index (χ2n) is 5.70. The van der Waals surface area contributed by atoms with E-state index in [1.54, 1.807) is 0 Å². The number of hydrogen-bond acceptors (Lipinski definition) is 2. The number of benzene rings is 2. The molecule has 0 amide bonds. The zero-order valence-corrected chi connectivity index (χ0v) is 12.1. The molecule has 1 saturated carbocycles. The van der Waals surface area contributed by atoms with E-state index >= 15 is 0 Å². The first-order valence-corrected chi connectivity index (χ1v) is 7.61. The van der Waals surface area contributed by atoms with Crippen LogP contribution in [-0.2, 0) is 6.42 Å². The molecule has 3 rings (SSSR count). The lowest BCUT2D eigenvalue weighted by molar-refractivity contribution is 0.212. The Balaban J connectivity index is 1.89. The predicted octanol–water partition coefficient (Wildman–Crippen LogP) is 4.27. The molecule has 0 aromatic heterocycles. The van der Waals surface area contributed by atoms with Crippen LogP contribution in [0.25, 0.3) is 10.8 Å². The highest BCUT2D eigenvalue weighted by molar-refractivity contribution is 5.91. The molecule has 0 bridgehead atoms. The van der Waals surface area contributed by atoms with E-state index in [9.17, 15) is 0 Å². The molecule has 0 atom stereocenters. The van der Waals surface area contributed by atoms with Gasteiger partial charge in [0.05, 0.1) is 6.10 Å². The Morgan fingerprint density at radius 2 is 1.90 bits per heavy atom. The Labute approximate surface area is 136 Å². The maximum absolute atomic E-state index is 7.54. The van der Waals surface area contributed by atoms with E-state index in [1.165, 1.54) is 12.8 Å². The third-order valence-corrected chi connectivity index (χ3v) is 4.15. The number of fused-ring (bicyclic) bond motifs is 1. The maximum Gasteiger partial charge on any atom is 0.127 e. The van der Waals surface area contributed by atoms with Gasteiger partial charge < -0.3 is 9.64 Å². The molecule has 0 aliphatic heterocycles. The van der Waals surface area contributed by atoms with Crippen molar-refractivity contribution in [2.45, 2.75) is 38.2 Å². The maximum atomic E-state index is 7.54. The van der Waals surface area contributed by atoms with Gasteiger partial charge in [0.15, 0.2) is 0 Å². The third kappa shape index (κ3) is 3.38. The van der Waals surface area contributed by atoms with Gasteiger partial charge in [0.25, 0.3) is 0 Å². The Hall–Kier alpha value is -1.54. The van der Waals surface area contributed by atoms with Gasteiger partial charge in [0.2, 0.25) is 0 Å². The van der Waals surface area contributed by atoms with Gasteiger partial charge in [-0.15, -0.1) is 0 Å². The van der Waals surface area contributed by atoms with Crippen LogP contribution >= 0.6 is 0 Å². The Morgan fingerprint density at radius 1 is 1.14 bits per heavy atom. The highest BCUT2D eigenvalue weighted by atomic mass is 16.5. The molecular formula is C19H25NO. The van der Waals surface area contributed by atoms with Crippen LogP contribution in [0, 0.1) is 0 Å². The van der Waals surface area contributed by atoms with Gasteiger partial charge in [0, 0.05) is 20.2 Å². The van der Waals surface area contributed by atoms with Crippen molar-refractivity contribution in [1.82, 2.24) is 4.90 Å². The van der Waals surface area contributed by atoms with Crippen molar-refractivity contribution >= 4 is 10.8 Å². The minimum absolute atomic E-state index is 0.0795. The number of ether oxygens (including phenoxy) is 1. The van der Waals surface area contributed by atoms with Crippen LogP contribution in [0.3, 0.4) is 0 Å². The lowest BCUT2D eigenvalue weighted by Crippen LogP contribution is -2.15. The van der Waals surface area contributed by atoms with E-state index < -0.39 is 14.0 Å². The fraction of sp³-hybridized carbons (Fsp3) is 0.474. The number of likely N-dealkylation sites (N-methyl/N-ethyl adjacent to an activating group) is 1. The third-order valence-electron chi connectivity index (χ3n) is 4.15. The molecule has 0 saturated heterocycles. The lowest BCUT2D eigenvalue weighted by Gasteiger charge is -2.18. The minimum Gasteiger partial charge on any atom is -0.490 e. The summed E-state index contributed by atoms with van der Waals surface area (Å²) in [6.07, 6.45) is 4.97. The summed E-state index contributed by atoms with van der Waals surface area (Å²) in [7, 11) is 0. The first kappa shape index (κ1) is 8.79. The molecule has 0 radical (unpaired) electrons. The Morgan fingerprint density at radius 3 is 2.67 bits per heavy atom. The number of nitrogens with zero attached hydrogens (tertiary/aromatic N) is 1. The summed E-state index contributed by atoms with van der Waals surface area (Å²) in [5.41, 5.74) is 0.902. The predicted molar refractivity (Wildman–Crippen MR) is 89.1 cm³/mol. The molecule has 0 N–H and O–H groups in total. The van der Waals surface area contributed by atoms with Crippen molar-refractivity contribution in [1.29, 1.82) is 0 Å². The molecule has 21 heavy (non-hydrogen) atoms. The number of rotatable bonds is 5. The van der Waals surface area contributed by atoms with Crippen LogP contribution in [-0.4, -0.2) is 31.5 Å². The average molecular weight is 289 g/mol. The van der Waals surface area contributed by atoms with Crippen molar-refractivity contribution in [3.63, 3.8) is 0 Å². The first-order chi connectivity index (χ1) is 12.7. The summed E-state index contributed by atoms with van der Waals surface area (Å²) >= 11 is 0. The van der Waals surface area contributed by atoms with Gasteiger partial charge >= 0.3 is 0 Å². The normalized spacial score (nSPS) is 21.4. The van der Waals surface area contributed by atoms with Crippen molar-refractivity contribution in [3.05, 3.63) is 42.0 Å². The lowest BCUT2D eigenvalue weighted by atomic mass is 10.0. The highest BCUT2D eigenvalue weighted by Crippen LogP contribution is 2.32. The van der Waals surface area contributed by atoms with E-state index in [-0.39, 0.29) is 12.6 Å². The monoisotopic (exact) mass is 289 g/mol. The zero-order chi connectivity index (χ0) is 19.7. The van der Waals surface area contributed by atoms with Gasteiger partial charge in [-0.1, -0.05) is 30.3 Å². The fourth-order valence-corrected chi connectivity index (χ4v) is 3.11. The second kappa shape index (κ2) is 6.48. The van der Waals surface area contributed by atoms with Gasteiger partial charge in [-0.05, 0) is 63.1 Å². The fourth-order valence-electron chi connectivity index (χ4n) is 3.11. The molecule has 2 nitrogen and oxygen atoms in total. The molecule has 0 unspecified atom stereocenters. The average Bonchev–Trinajstić information content (AvgIpc) is 3.06. The van der Waals surface area contributed by atoms with Gasteiger partial charge in [-0.25, -0.2) is 0 Å². The first-order valence-electron chi connectivity index (χ1n) is 10.6. The largest absolute Gasteiger partial charge is 0.490 e. The van der Waals surface area contributed by atoms with Gasteiger partial charge in [0.1, 0.15) is 5.75 Å². The molecule has 2 aromatic rings. The van der Waals surface area contributed by atoms with Crippen molar-refractivity contribution in [2.75, 3.05) is 20.5 Å². The summed E-state index contributed by atoms with van der Waals surface area (Å²) in [4.78, 5) is 0.610. The van der Waals surface area contributed by atoms with Crippen LogP contribution < -0.4 is 4.74 Å². The number of hydrogen-bond donors (Lipinski definition) is 0. The minimum atomic E-state index is -2.67. The quantitative estimate of drug-likeness (QED) is 0.815. The van der Waals surface area contributed by atoms with E-state index in [4.69, 9.17) is 13.0 Å². The summed E-state index contributed by atoms with van der Waals surface area (Å²) in [6.45, 7) is -5.41. The summed E-state index contributed by atoms with van der Waals surface area (Å²) < 4.78 is 51.5. The molecule has 1 aliphatic carbocycles. The highest BCUT2D eigenvalue weighted by Gasteiger charge is 2.18. The summed E-state index contributed by atoms with van der Waals surface area (Å²) in [5, 5.41) is 1.96. The van der Waals surface area contributed by atoms with E-state index in [1.807, 2.05) is 36.4 Å². The van der Waals surface area contributed by atoms with E-state index in [2.05, 4.69) is 0 Å². The smallest absolute Gasteiger partial charge is 0.127 e.